The Morgan fingerprint density at radius 2 is 2.10 bits per heavy atom. The summed E-state index contributed by atoms with van der Waals surface area (Å²) in [5.74, 6) is 0.138. The van der Waals surface area contributed by atoms with E-state index in [1.165, 1.54) is 10.9 Å². The lowest BCUT2D eigenvalue weighted by Gasteiger charge is -2.21. The van der Waals surface area contributed by atoms with Crippen LogP contribution in [-0.4, -0.2) is 35.0 Å². The van der Waals surface area contributed by atoms with Crippen LogP contribution < -0.4 is 5.32 Å². The van der Waals surface area contributed by atoms with E-state index in [1.54, 1.807) is 4.90 Å². The molecule has 1 heterocycles. The molecule has 1 N–H and O–H groups in total. The molecule has 21 heavy (non-hydrogen) atoms. The van der Waals surface area contributed by atoms with Crippen LogP contribution in [-0.2, 0) is 17.9 Å². The number of hydrogen-bond acceptors (Lipinski definition) is 2. The summed E-state index contributed by atoms with van der Waals surface area (Å²) in [6, 6.07) is 8.72. The average molecular weight is 287 g/mol. The van der Waals surface area contributed by atoms with Gasteiger partial charge in [0.1, 0.15) is 6.54 Å². The summed E-state index contributed by atoms with van der Waals surface area (Å²) in [7, 11) is 1.85. The van der Waals surface area contributed by atoms with E-state index in [0.717, 1.165) is 18.6 Å². The fourth-order valence-corrected chi connectivity index (χ4v) is 2.31. The van der Waals surface area contributed by atoms with Gasteiger partial charge < -0.3 is 14.8 Å². The highest BCUT2D eigenvalue weighted by Gasteiger charge is 2.13. The fourth-order valence-electron chi connectivity index (χ4n) is 2.31. The molecule has 0 fully saturated rings. The molecule has 114 valence electrons. The number of benzene rings is 1. The quantitative estimate of drug-likeness (QED) is 0.887. The smallest absolute Gasteiger partial charge is 0.242 e. The van der Waals surface area contributed by atoms with Crippen molar-refractivity contribution in [1.29, 1.82) is 0 Å². The molecule has 0 aliphatic heterocycles. The molecule has 0 saturated heterocycles. The minimum Gasteiger partial charge on any atom is -0.342 e. The van der Waals surface area contributed by atoms with Crippen molar-refractivity contribution in [3.63, 3.8) is 0 Å². The number of likely N-dealkylation sites (N-methyl/N-ethyl adjacent to an activating group) is 1. The molecule has 0 saturated carbocycles. The standard InChI is InChI=1S/C17H25N3O/c1-5-18-11-14-6-7-16-15(10-14)8-9-20(16)12-17(21)19(4)13(2)3/h6-10,13,18H,5,11-12H2,1-4H3. The summed E-state index contributed by atoms with van der Waals surface area (Å²) in [6.45, 7) is 8.40. The third-order valence-electron chi connectivity index (χ3n) is 3.89. The topological polar surface area (TPSA) is 37.3 Å². The molecule has 2 rings (SSSR count). The molecular formula is C17H25N3O. The van der Waals surface area contributed by atoms with E-state index in [2.05, 4.69) is 36.5 Å². The summed E-state index contributed by atoms with van der Waals surface area (Å²) in [4.78, 5) is 14.0. The lowest BCUT2D eigenvalue weighted by molar-refractivity contribution is -0.131. The summed E-state index contributed by atoms with van der Waals surface area (Å²) < 4.78 is 2.02. The Hall–Kier alpha value is -1.81. The number of carbonyl (C=O) groups excluding carboxylic acids is 1. The van der Waals surface area contributed by atoms with Gasteiger partial charge >= 0.3 is 0 Å². The molecule has 4 nitrogen and oxygen atoms in total. The van der Waals surface area contributed by atoms with Gasteiger partial charge in [-0.05, 0) is 49.5 Å². The van der Waals surface area contributed by atoms with Crippen molar-refractivity contribution in [2.75, 3.05) is 13.6 Å². The van der Waals surface area contributed by atoms with Crippen LogP contribution in [0, 0.1) is 0 Å². The van der Waals surface area contributed by atoms with Crippen molar-refractivity contribution in [3.05, 3.63) is 36.0 Å². The normalized spacial score (nSPS) is 11.3. The number of aromatic nitrogens is 1. The van der Waals surface area contributed by atoms with Crippen LogP contribution in [0.4, 0.5) is 0 Å². The van der Waals surface area contributed by atoms with Crippen molar-refractivity contribution < 1.29 is 4.79 Å². The molecule has 1 aromatic carbocycles. The predicted octanol–water partition coefficient (Wildman–Crippen LogP) is 2.62. The molecule has 0 spiro atoms. The summed E-state index contributed by atoms with van der Waals surface area (Å²) in [5.41, 5.74) is 2.38. The van der Waals surface area contributed by atoms with Gasteiger partial charge in [0.15, 0.2) is 0 Å². The van der Waals surface area contributed by atoms with Gasteiger partial charge in [-0.25, -0.2) is 0 Å². The molecule has 0 aliphatic rings. The van der Waals surface area contributed by atoms with Crippen LogP contribution in [0.15, 0.2) is 30.5 Å². The van der Waals surface area contributed by atoms with Crippen molar-refractivity contribution in [2.45, 2.75) is 39.9 Å². The number of fused-ring (bicyclic) bond motifs is 1. The van der Waals surface area contributed by atoms with Crippen molar-refractivity contribution in [3.8, 4) is 0 Å². The maximum Gasteiger partial charge on any atom is 0.242 e. The van der Waals surface area contributed by atoms with Crippen LogP contribution in [0.1, 0.15) is 26.3 Å². The Bertz CT molecular complexity index is 616. The Labute approximate surface area is 126 Å². The molecule has 0 atom stereocenters. The Balaban J connectivity index is 2.17. The Kier molecular flexibility index (Phi) is 5.02. The maximum atomic E-state index is 12.2. The summed E-state index contributed by atoms with van der Waals surface area (Å²) in [5, 5.41) is 4.51. The van der Waals surface area contributed by atoms with E-state index in [1.807, 2.05) is 31.7 Å². The number of rotatable bonds is 6. The molecule has 1 amide bonds. The van der Waals surface area contributed by atoms with Gasteiger partial charge in [-0.3, -0.25) is 4.79 Å². The van der Waals surface area contributed by atoms with E-state index >= 15 is 0 Å². The van der Waals surface area contributed by atoms with Gasteiger partial charge in [0.05, 0.1) is 0 Å². The number of nitrogens with zero attached hydrogens (tertiary/aromatic N) is 2. The molecule has 4 heteroatoms. The Morgan fingerprint density at radius 3 is 2.76 bits per heavy atom. The van der Waals surface area contributed by atoms with Crippen LogP contribution in [0.3, 0.4) is 0 Å². The first-order valence-corrected chi connectivity index (χ1v) is 7.57. The van der Waals surface area contributed by atoms with Gasteiger partial charge in [0.25, 0.3) is 0 Å². The second kappa shape index (κ2) is 6.76. The van der Waals surface area contributed by atoms with E-state index in [0.29, 0.717) is 6.54 Å². The number of carbonyl (C=O) groups is 1. The minimum atomic E-state index is 0.138. The molecule has 0 aliphatic carbocycles. The van der Waals surface area contributed by atoms with Gasteiger partial charge in [0.2, 0.25) is 5.91 Å². The van der Waals surface area contributed by atoms with Gasteiger partial charge in [-0.2, -0.15) is 0 Å². The first-order chi connectivity index (χ1) is 10.0. The number of amides is 1. The molecule has 0 bridgehead atoms. The van der Waals surface area contributed by atoms with Crippen LogP contribution in [0.25, 0.3) is 10.9 Å². The lowest BCUT2D eigenvalue weighted by atomic mass is 10.1. The molecular weight excluding hydrogens is 262 g/mol. The first kappa shape index (κ1) is 15.6. The van der Waals surface area contributed by atoms with Crippen LogP contribution in [0.2, 0.25) is 0 Å². The zero-order valence-electron chi connectivity index (χ0n) is 13.4. The highest BCUT2D eigenvalue weighted by molar-refractivity contribution is 5.83. The van der Waals surface area contributed by atoms with E-state index in [9.17, 15) is 4.79 Å². The number of hydrogen-bond donors (Lipinski definition) is 1. The minimum absolute atomic E-state index is 0.138. The Morgan fingerprint density at radius 1 is 1.33 bits per heavy atom. The summed E-state index contributed by atoms with van der Waals surface area (Å²) >= 11 is 0. The van der Waals surface area contributed by atoms with Crippen LogP contribution in [0.5, 0.6) is 0 Å². The van der Waals surface area contributed by atoms with Crippen LogP contribution >= 0.6 is 0 Å². The van der Waals surface area contributed by atoms with E-state index in [4.69, 9.17) is 0 Å². The largest absolute Gasteiger partial charge is 0.342 e. The molecule has 2 aromatic rings. The van der Waals surface area contributed by atoms with Gasteiger partial charge in [-0.15, -0.1) is 0 Å². The van der Waals surface area contributed by atoms with Crippen molar-refractivity contribution >= 4 is 16.8 Å². The van der Waals surface area contributed by atoms with Crippen molar-refractivity contribution in [1.82, 2.24) is 14.8 Å². The highest BCUT2D eigenvalue weighted by atomic mass is 16.2. The van der Waals surface area contributed by atoms with E-state index in [-0.39, 0.29) is 11.9 Å². The zero-order valence-corrected chi connectivity index (χ0v) is 13.4. The third kappa shape index (κ3) is 3.64. The SMILES string of the molecule is CCNCc1ccc2c(ccn2CC(=O)N(C)C(C)C)c1. The zero-order chi connectivity index (χ0) is 15.4. The maximum absolute atomic E-state index is 12.2. The van der Waals surface area contributed by atoms with Gasteiger partial charge in [-0.1, -0.05) is 13.0 Å². The second-order valence-corrected chi connectivity index (χ2v) is 5.72. The number of nitrogens with one attached hydrogen (secondary N) is 1. The average Bonchev–Trinajstić information content (AvgIpc) is 2.86. The van der Waals surface area contributed by atoms with Gasteiger partial charge in [0, 0.05) is 31.3 Å². The lowest BCUT2D eigenvalue weighted by Crippen LogP contribution is -2.35. The fraction of sp³-hybridized carbons (Fsp3) is 0.471. The highest BCUT2D eigenvalue weighted by Crippen LogP contribution is 2.18. The third-order valence-corrected chi connectivity index (χ3v) is 3.89. The van der Waals surface area contributed by atoms with E-state index < -0.39 is 0 Å². The second-order valence-electron chi connectivity index (χ2n) is 5.72. The van der Waals surface area contributed by atoms with Crippen molar-refractivity contribution in [2.24, 2.45) is 0 Å². The molecule has 0 radical (unpaired) electrons. The monoisotopic (exact) mass is 287 g/mol. The summed E-state index contributed by atoms with van der Waals surface area (Å²) in [6.07, 6.45) is 1.99. The molecule has 0 unspecified atom stereocenters. The predicted molar refractivity (Wildman–Crippen MR) is 87.2 cm³/mol. The molecule has 1 aromatic heterocycles. The first-order valence-electron chi connectivity index (χ1n) is 7.57.